The van der Waals surface area contributed by atoms with Crippen molar-refractivity contribution in [3.8, 4) is 11.4 Å². The monoisotopic (exact) mass is 437 g/mol. The molecule has 1 N–H and O–H groups in total. The van der Waals surface area contributed by atoms with Crippen LogP contribution in [0.5, 0.6) is 0 Å². The summed E-state index contributed by atoms with van der Waals surface area (Å²) in [6.45, 7) is 3.65. The lowest BCUT2D eigenvalue weighted by atomic mass is 10.1. The van der Waals surface area contributed by atoms with Crippen molar-refractivity contribution < 1.29 is 4.79 Å². The third kappa shape index (κ3) is 3.90. The number of benzene rings is 2. The molecule has 6 nitrogen and oxygen atoms in total. The van der Waals surface area contributed by atoms with Crippen LogP contribution >= 0.6 is 11.6 Å². The first-order valence-electron chi connectivity index (χ1n) is 10.9. The number of halogens is 1. The number of rotatable bonds is 4. The quantitative estimate of drug-likeness (QED) is 0.673. The van der Waals surface area contributed by atoms with E-state index in [1.807, 2.05) is 48.3 Å². The Balaban J connectivity index is 1.33. The lowest BCUT2D eigenvalue weighted by Gasteiger charge is -2.27. The van der Waals surface area contributed by atoms with E-state index in [-0.39, 0.29) is 11.8 Å². The van der Waals surface area contributed by atoms with Gasteiger partial charge in [-0.1, -0.05) is 23.7 Å². The fourth-order valence-corrected chi connectivity index (χ4v) is 5.07. The highest BCUT2D eigenvalue weighted by molar-refractivity contribution is 6.33. The number of hydrogen-bond acceptors (Lipinski definition) is 4. The maximum atomic E-state index is 13.1. The van der Waals surface area contributed by atoms with Gasteiger partial charge in [-0.25, -0.2) is 4.98 Å². The molecule has 1 aromatic heterocycles. The van der Waals surface area contributed by atoms with Crippen molar-refractivity contribution >= 4 is 34.2 Å². The van der Waals surface area contributed by atoms with Gasteiger partial charge in [-0.15, -0.1) is 0 Å². The summed E-state index contributed by atoms with van der Waals surface area (Å²) in [6, 6.07) is 14.4. The van der Waals surface area contributed by atoms with Gasteiger partial charge >= 0.3 is 0 Å². The van der Waals surface area contributed by atoms with E-state index >= 15 is 0 Å². The van der Waals surface area contributed by atoms with Crippen LogP contribution in [-0.2, 0) is 4.79 Å². The number of carbonyl (C=O) groups is 1. The first-order chi connectivity index (χ1) is 15.0. The smallest absolute Gasteiger partial charge is 0.227 e. The van der Waals surface area contributed by atoms with E-state index in [4.69, 9.17) is 16.6 Å². The number of nitrogens with one attached hydrogen (secondary N) is 1. The predicted molar refractivity (Wildman–Crippen MR) is 126 cm³/mol. The second-order valence-corrected chi connectivity index (χ2v) is 9.26. The molecule has 1 amide bonds. The Kier molecular flexibility index (Phi) is 5.36. The summed E-state index contributed by atoms with van der Waals surface area (Å²) in [5, 5.41) is 0.666. The number of imidazole rings is 1. The molecule has 2 saturated heterocycles. The van der Waals surface area contributed by atoms with E-state index in [0.29, 0.717) is 11.1 Å². The second kappa shape index (κ2) is 8.17. The van der Waals surface area contributed by atoms with Crippen molar-refractivity contribution in [3.63, 3.8) is 0 Å². The molecule has 2 aliphatic heterocycles. The number of anilines is 1. The van der Waals surface area contributed by atoms with E-state index in [0.717, 1.165) is 67.1 Å². The van der Waals surface area contributed by atoms with Gasteiger partial charge < -0.3 is 19.7 Å². The van der Waals surface area contributed by atoms with Gasteiger partial charge in [0.25, 0.3) is 0 Å². The molecule has 0 saturated carbocycles. The van der Waals surface area contributed by atoms with Crippen LogP contribution in [0, 0.1) is 5.92 Å². The molecule has 162 valence electrons. The van der Waals surface area contributed by atoms with E-state index in [9.17, 15) is 4.79 Å². The zero-order valence-electron chi connectivity index (χ0n) is 18.0. The molecule has 31 heavy (non-hydrogen) atoms. The maximum absolute atomic E-state index is 13.1. The summed E-state index contributed by atoms with van der Waals surface area (Å²) in [5.74, 6) is 1.08. The summed E-state index contributed by atoms with van der Waals surface area (Å²) in [7, 11) is 4.09. The van der Waals surface area contributed by atoms with Crippen LogP contribution in [0.25, 0.3) is 22.4 Å². The van der Waals surface area contributed by atoms with Gasteiger partial charge in [0.2, 0.25) is 5.91 Å². The van der Waals surface area contributed by atoms with Gasteiger partial charge in [0.15, 0.2) is 0 Å². The van der Waals surface area contributed by atoms with Crippen LogP contribution in [0.4, 0.5) is 5.69 Å². The number of para-hydroxylation sites is 2. The first kappa shape index (κ1) is 20.3. The molecule has 2 atom stereocenters. The van der Waals surface area contributed by atoms with Gasteiger partial charge in [-0.2, -0.15) is 0 Å². The molecule has 0 aliphatic carbocycles. The van der Waals surface area contributed by atoms with E-state index in [1.165, 1.54) is 0 Å². The minimum atomic E-state index is 0.0428. The zero-order valence-corrected chi connectivity index (χ0v) is 18.8. The average molecular weight is 438 g/mol. The molecule has 0 radical (unpaired) electrons. The molecular weight excluding hydrogens is 410 g/mol. The highest BCUT2D eigenvalue weighted by atomic mass is 35.5. The van der Waals surface area contributed by atoms with E-state index < -0.39 is 0 Å². The molecular formula is C24H28ClN5O. The van der Waals surface area contributed by atoms with Crippen LogP contribution in [0.1, 0.15) is 12.8 Å². The van der Waals surface area contributed by atoms with Gasteiger partial charge in [-0.3, -0.25) is 4.79 Å². The van der Waals surface area contributed by atoms with Crippen molar-refractivity contribution in [2.45, 2.75) is 18.9 Å². The van der Waals surface area contributed by atoms with E-state index in [1.54, 1.807) is 0 Å². The van der Waals surface area contributed by atoms with Gasteiger partial charge in [0, 0.05) is 44.0 Å². The minimum Gasteiger partial charge on any atom is -0.371 e. The third-order valence-corrected chi connectivity index (χ3v) is 7.09. The standard InChI is InChI=1S/C24H28ClN5O/c1-28-11-10-18(15-28)29(2)24(31)16-9-12-30(14-16)17-7-8-20(25)19(13-17)23-26-21-5-3-4-6-22(21)27-23/h3-8,13,16,18H,9-12,14-15H2,1-2H3,(H,26,27). The highest BCUT2D eigenvalue weighted by Gasteiger charge is 2.34. The van der Waals surface area contributed by atoms with Crippen molar-refractivity contribution in [1.29, 1.82) is 0 Å². The Morgan fingerprint density at radius 3 is 2.77 bits per heavy atom. The summed E-state index contributed by atoms with van der Waals surface area (Å²) in [6.07, 6.45) is 1.95. The summed E-state index contributed by atoms with van der Waals surface area (Å²) >= 11 is 6.53. The van der Waals surface area contributed by atoms with Crippen LogP contribution < -0.4 is 4.90 Å². The Bertz CT molecular complexity index is 1080. The predicted octanol–water partition coefficient (Wildman–Crippen LogP) is 3.87. The molecule has 2 fully saturated rings. The van der Waals surface area contributed by atoms with Crippen molar-refractivity contribution in [1.82, 2.24) is 19.8 Å². The Morgan fingerprint density at radius 1 is 1.16 bits per heavy atom. The van der Waals surface area contributed by atoms with Crippen LogP contribution in [0.3, 0.4) is 0 Å². The summed E-state index contributed by atoms with van der Waals surface area (Å²) in [4.78, 5) is 27.7. The maximum Gasteiger partial charge on any atom is 0.227 e. The normalized spacial score (nSPS) is 21.8. The molecule has 3 heterocycles. The van der Waals surface area contributed by atoms with Crippen molar-refractivity contribution in [2.75, 3.05) is 45.2 Å². The molecule has 2 aromatic carbocycles. The molecule has 0 spiro atoms. The number of likely N-dealkylation sites (tertiary alicyclic amines) is 1. The lowest BCUT2D eigenvalue weighted by molar-refractivity contribution is -0.135. The van der Waals surface area contributed by atoms with Gasteiger partial charge in [-0.05, 0) is 56.8 Å². The topological polar surface area (TPSA) is 55.5 Å². The molecule has 7 heteroatoms. The summed E-state index contributed by atoms with van der Waals surface area (Å²) < 4.78 is 0. The highest BCUT2D eigenvalue weighted by Crippen LogP contribution is 2.34. The van der Waals surface area contributed by atoms with Gasteiger partial charge in [0.05, 0.1) is 22.0 Å². The number of likely N-dealkylation sites (N-methyl/N-ethyl adjacent to an activating group) is 2. The Morgan fingerprint density at radius 2 is 2.00 bits per heavy atom. The number of hydrogen-bond donors (Lipinski definition) is 1. The third-order valence-electron chi connectivity index (χ3n) is 6.76. The van der Waals surface area contributed by atoms with Gasteiger partial charge in [0.1, 0.15) is 5.82 Å². The second-order valence-electron chi connectivity index (χ2n) is 8.85. The first-order valence-corrected chi connectivity index (χ1v) is 11.3. The fourth-order valence-electron chi connectivity index (χ4n) is 4.86. The Labute approximate surface area is 187 Å². The average Bonchev–Trinajstić information content (AvgIpc) is 3.52. The minimum absolute atomic E-state index is 0.0428. The molecule has 3 aromatic rings. The van der Waals surface area contributed by atoms with Crippen molar-refractivity contribution in [3.05, 3.63) is 47.5 Å². The molecule has 2 aliphatic rings. The summed E-state index contributed by atoms with van der Waals surface area (Å²) in [5.41, 5.74) is 3.88. The number of fused-ring (bicyclic) bond motifs is 1. The largest absolute Gasteiger partial charge is 0.371 e. The van der Waals surface area contributed by atoms with Crippen LogP contribution in [0.15, 0.2) is 42.5 Å². The van der Waals surface area contributed by atoms with E-state index in [2.05, 4.69) is 27.9 Å². The zero-order chi connectivity index (χ0) is 21.5. The number of aromatic amines is 1. The van der Waals surface area contributed by atoms with Crippen molar-refractivity contribution in [2.24, 2.45) is 5.92 Å². The number of nitrogens with zero attached hydrogens (tertiary/aromatic N) is 4. The van der Waals surface area contributed by atoms with Crippen LogP contribution in [0.2, 0.25) is 5.02 Å². The molecule has 0 bridgehead atoms. The number of H-pyrrole nitrogens is 1. The molecule has 5 rings (SSSR count). The van der Waals surface area contributed by atoms with Crippen LogP contribution in [-0.4, -0.2) is 72.0 Å². The number of amides is 1. The number of carbonyl (C=O) groups excluding carboxylic acids is 1. The fraction of sp³-hybridized carbons (Fsp3) is 0.417. The number of aromatic nitrogens is 2. The SMILES string of the molecule is CN1CCC(N(C)C(=O)C2CCN(c3ccc(Cl)c(-c4nc5ccccc5[nH]4)c3)C2)C1. The Hall–Kier alpha value is -2.57. The lowest BCUT2D eigenvalue weighted by Crippen LogP contribution is -2.42. The molecule has 2 unspecified atom stereocenters.